The Hall–Kier alpha value is -1.05. The van der Waals surface area contributed by atoms with Crippen LogP contribution in [-0.4, -0.2) is 42.1 Å². The fourth-order valence-electron chi connectivity index (χ4n) is 3.59. The molecule has 0 atom stereocenters. The van der Waals surface area contributed by atoms with Gasteiger partial charge in [-0.2, -0.15) is 0 Å². The van der Waals surface area contributed by atoms with E-state index in [0.29, 0.717) is 24.4 Å². The molecule has 1 aliphatic heterocycles. The number of rotatable bonds is 6. The molecule has 0 amide bonds. The predicted octanol–water partition coefficient (Wildman–Crippen LogP) is 3.83. The zero-order valence-corrected chi connectivity index (χ0v) is 17.8. The van der Waals surface area contributed by atoms with Gasteiger partial charge in [-0.25, -0.2) is 9.98 Å². The highest BCUT2D eigenvalue weighted by Crippen LogP contribution is 2.47. The molecule has 6 heteroatoms. The van der Waals surface area contributed by atoms with Crippen LogP contribution in [0.4, 0.5) is 0 Å². The van der Waals surface area contributed by atoms with E-state index in [2.05, 4.69) is 35.1 Å². The van der Waals surface area contributed by atoms with E-state index in [-0.39, 0.29) is 24.0 Å². The van der Waals surface area contributed by atoms with Gasteiger partial charge in [0.15, 0.2) is 5.96 Å². The van der Waals surface area contributed by atoms with E-state index in [1.54, 1.807) is 0 Å². The molecule has 1 aromatic heterocycles. The molecule has 1 saturated heterocycles. The third-order valence-electron chi connectivity index (χ3n) is 5.15. The summed E-state index contributed by atoms with van der Waals surface area (Å²) in [7, 11) is 0. The van der Waals surface area contributed by atoms with Gasteiger partial charge in [-0.15, -0.1) is 24.0 Å². The van der Waals surface area contributed by atoms with Crippen LogP contribution in [0.2, 0.25) is 0 Å². The molecule has 2 fully saturated rings. The molecule has 1 saturated carbocycles. The molecule has 1 aliphatic carbocycles. The fourth-order valence-corrected chi connectivity index (χ4v) is 3.59. The fraction of sp³-hybridized carbons (Fsp3) is 0.684. The van der Waals surface area contributed by atoms with Crippen LogP contribution in [0.5, 0.6) is 5.88 Å². The molecular weight excluding hydrogens is 427 g/mol. The number of halogens is 1. The van der Waals surface area contributed by atoms with Crippen molar-refractivity contribution in [3.05, 3.63) is 23.9 Å². The number of hydrogen-bond donors (Lipinski definition) is 1. The van der Waals surface area contributed by atoms with Gasteiger partial charge in [-0.1, -0.05) is 19.4 Å². The Labute approximate surface area is 168 Å². The van der Waals surface area contributed by atoms with Crippen LogP contribution in [0.3, 0.4) is 0 Å². The van der Waals surface area contributed by atoms with Crippen molar-refractivity contribution in [2.24, 2.45) is 10.4 Å². The zero-order valence-electron chi connectivity index (χ0n) is 15.5. The molecule has 1 N–H and O–H groups in total. The summed E-state index contributed by atoms with van der Waals surface area (Å²) in [6.07, 6.45) is 8.38. The third-order valence-corrected chi connectivity index (χ3v) is 5.15. The topological polar surface area (TPSA) is 49.8 Å². The van der Waals surface area contributed by atoms with Crippen LogP contribution in [0, 0.1) is 5.41 Å². The first-order valence-electron chi connectivity index (χ1n) is 9.36. The molecule has 0 aromatic carbocycles. The highest BCUT2D eigenvalue weighted by atomic mass is 127. The third kappa shape index (κ3) is 5.21. The lowest BCUT2D eigenvalue weighted by Crippen LogP contribution is -2.42. The molecule has 5 nitrogen and oxygen atoms in total. The van der Waals surface area contributed by atoms with E-state index in [1.807, 2.05) is 12.3 Å². The highest BCUT2D eigenvalue weighted by Gasteiger charge is 2.43. The van der Waals surface area contributed by atoms with Crippen molar-refractivity contribution in [1.82, 2.24) is 15.2 Å². The van der Waals surface area contributed by atoms with Gasteiger partial charge in [-0.05, 0) is 43.6 Å². The van der Waals surface area contributed by atoms with E-state index >= 15 is 0 Å². The predicted molar refractivity (Wildman–Crippen MR) is 113 cm³/mol. The maximum atomic E-state index is 5.53. The number of aromatic nitrogens is 1. The molecule has 0 unspecified atom stereocenters. The molecule has 3 rings (SSSR count). The molecular formula is C19H31IN4O. The molecule has 140 valence electrons. The number of nitrogens with zero attached hydrogens (tertiary/aromatic N) is 3. The maximum absolute atomic E-state index is 5.53. The standard InChI is InChI=1S/C19H30N4O.HI/c1-3-12-24-17-7-6-16(13-21-17)14-22-18(20-4-2)23-11-10-19(15-23)8-5-9-19;/h6-7,13H,3-5,8-12,14-15H2,1-2H3,(H,20,22);1H. The second-order valence-corrected chi connectivity index (χ2v) is 7.05. The van der Waals surface area contributed by atoms with E-state index in [9.17, 15) is 0 Å². The Morgan fingerprint density at radius 1 is 1.32 bits per heavy atom. The molecule has 1 aromatic rings. The van der Waals surface area contributed by atoms with Crippen LogP contribution in [-0.2, 0) is 6.54 Å². The van der Waals surface area contributed by atoms with Crippen molar-refractivity contribution < 1.29 is 4.74 Å². The monoisotopic (exact) mass is 458 g/mol. The van der Waals surface area contributed by atoms with Gasteiger partial charge >= 0.3 is 0 Å². The van der Waals surface area contributed by atoms with Gasteiger partial charge in [0.1, 0.15) is 0 Å². The van der Waals surface area contributed by atoms with Crippen molar-refractivity contribution in [2.75, 3.05) is 26.2 Å². The van der Waals surface area contributed by atoms with Gasteiger partial charge in [0.25, 0.3) is 0 Å². The molecule has 0 radical (unpaired) electrons. The minimum Gasteiger partial charge on any atom is -0.478 e. The molecule has 25 heavy (non-hydrogen) atoms. The minimum absolute atomic E-state index is 0. The number of nitrogens with one attached hydrogen (secondary N) is 1. The first-order chi connectivity index (χ1) is 11.7. The number of ether oxygens (including phenoxy) is 1. The summed E-state index contributed by atoms with van der Waals surface area (Å²) in [5.74, 6) is 1.75. The Morgan fingerprint density at radius 2 is 2.16 bits per heavy atom. The van der Waals surface area contributed by atoms with E-state index in [0.717, 1.165) is 31.0 Å². The second kappa shape index (κ2) is 9.59. The number of aliphatic imine (C=N–C) groups is 1. The average molecular weight is 458 g/mol. The number of guanidine groups is 1. The van der Waals surface area contributed by atoms with Crippen LogP contribution in [0.15, 0.2) is 23.3 Å². The summed E-state index contributed by atoms with van der Waals surface area (Å²) in [4.78, 5) is 11.6. The van der Waals surface area contributed by atoms with Gasteiger partial charge < -0.3 is 15.0 Å². The average Bonchev–Trinajstić information content (AvgIpc) is 3.03. The summed E-state index contributed by atoms with van der Waals surface area (Å²) < 4.78 is 5.53. The second-order valence-electron chi connectivity index (χ2n) is 7.05. The summed E-state index contributed by atoms with van der Waals surface area (Å²) in [6, 6.07) is 4.00. The summed E-state index contributed by atoms with van der Waals surface area (Å²) in [5, 5.41) is 3.45. The molecule has 2 aliphatic rings. The number of pyridine rings is 1. The van der Waals surface area contributed by atoms with E-state index in [1.165, 1.54) is 32.2 Å². The molecule has 1 spiro atoms. The number of hydrogen-bond acceptors (Lipinski definition) is 3. The highest BCUT2D eigenvalue weighted by molar-refractivity contribution is 14.0. The van der Waals surface area contributed by atoms with Gasteiger partial charge in [0.05, 0.1) is 13.2 Å². The summed E-state index contributed by atoms with van der Waals surface area (Å²) in [6.45, 7) is 8.81. The Kier molecular flexibility index (Phi) is 7.78. The van der Waals surface area contributed by atoms with Gasteiger partial charge in [0, 0.05) is 31.9 Å². The largest absolute Gasteiger partial charge is 0.478 e. The van der Waals surface area contributed by atoms with Gasteiger partial charge in [0.2, 0.25) is 5.88 Å². The first kappa shape index (κ1) is 20.3. The SMILES string of the molecule is CCCOc1ccc(CN=C(NCC)N2CCC3(CCC3)C2)cn1.I. The molecule has 0 bridgehead atoms. The lowest BCUT2D eigenvalue weighted by Gasteiger charge is -2.38. The van der Waals surface area contributed by atoms with Gasteiger partial charge in [-0.3, -0.25) is 0 Å². The van der Waals surface area contributed by atoms with Crippen molar-refractivity contribution in [1.29, 1.82) is 0 Å². The molecule has 2 heterocycles. The smallest absolute Gasteiger partial charge is 0.213 e. The van der Waals surface area contributed by atoms with E-state index in [4.69, 9.17) is 9.73 Å². The van der Waals surface area contributed by atoms with Crippen LogP contribution in [0.1, 0.15) is 51.5 Å². The Balaban J connectivity index is 0.00000225. The quantitative estimate of drug-likeness (QED) is 0.400. The van der Waals surface area contributed by atoms with Crippen LogP contribution >= 0.6 is 24.0 Å². The maximum Gasteiger partial charge on any atom is 0.213 e. The van der Waals surface area contributed by atoms with E-state index < -0.39 is 0 Å². The van der Waals surface area contributed by atoms with Crippen molar-refractivity contribution in [3.63, 3.8) is 0 Å². The number of likely N-dealkylation sites (tertiary alicyclic amines) is 1. The lowest BCUT2D eigenvalue weighted by atomic mass is 9.68. The van der Waals surface area contributed by atoms with Crippen molar-refractivity contribution >= 4 is 29.9 Å². The minimum atomic E-state index is 0. The first-order valence-corrected chi connectivity index (χ1v) is 9.36. The Morgan fingerprint density at radius 3 is 2.72 bits per heavy atom. The summed E-state index contributed by atoms with van der Waals surface area (Å²) in [5.41, 5.74) is 1.71. The van der Waals surface area contributed by atoms with Crippen LogP contribution in [0.25, 0.3) is 0 Å². The Bertz CT molecular complexity index is 557. The normalized spacial score (nSPS) is 18.6. The van der Waals surface area contributed by atoms with Crippen molar-refractivity contribution in [2.45, 2.75) is 52.5 Å². The lowest BCUT2D eigenvalue weighted by molar-refractivity contribution is 0.151. The van der Waals surface area contributed by atoms with Crippen LogP contribution < -0.4 is 10.1 Å². The zero-order chi connectivity index (χ0) is 16.8. The summed E-state index contributed by atoms with van der Waals surface area (Å²) >= 11 is 0. The van der Waals surface area contributed by atoms with Crippen molar-refractivity contribution in [3.8, 4) is 5.88 Å².